The van der Waals surface area contributed by atoms with Gasteiger partial charge in [-0.3, -0.25) is 0 Å². The first-order valence-electron chi connectivity index (χ1n) is 5.81. The molecule has 1 aliphatic heterocycles. The normalized spacial score (nSPS) is 25.5. The van der Waals surface area contributed by atoms with E-state index in [1.807, 2.05) is 0 Å². The number of allylic oxidation sites excluding steroid dienone is 1. The van der Waals surface area contributed by atoms with E-state index in [-0.39, 0.29) is 5.54 Å². The first kappa shape index (κ1) is 10.9. The molecule has 1 N–H and O–H groups in total. The third-order valence-corrected chi connectivity index (χ3v) is 3.29. The Hall–Kier alpha value is -0.560. The minimum Gasteiger partial charge on any atom is -0.250 e. The van der Waals surface area contributed by atoms with Gasteiger partial charge >= 0.3 is 0 Å². The van der Waals surface area contributed by atoms with Gasteiger partial charge in [-0.1, -0.05) is 6.58 Å². The van der Waals surface area contributed by atoms with Crippen molar-refractivity contribution in [1.29, 1.82) is 0 Å². The Kier molecular flexibility index (Phi) is 2.54. The smallest absolute Gasteiger partial charge is 0.0241 e. The Morgan fingerprint density at radius 2 is 2.00 bits per heavy atom. The van der Waals surface area contributed by atoms with Gasteiger partial charge in [-0.05, 0) is 51.0 Å². The summed E-state index contributed by atoms with van der Waals surface area (Å²) in [6.45, 7) is 12.7. The highest BCUT2D eigenvalue weighted by Gasteiger charge is 2.51. The Labute approximate surface area is 93.0 Å². The van der Waals surface area contributed by atoms with Crippen LogP contribution in [0.25, 0.3) is 0 Å². The Balaban J connectivity index is 1.73. The minimum atomic E-state index is 0.200. The van der Waals surface area contributed by atoms with Crippen LogP contribution in [0.1, 0.15) is 33.6 Å². The van der Waals surface area contributed by atoms with Crippen molar-refractivity contribution in [2.45, 2.75) is 39.2 Å². The molecule has 2 rings (SSSR count). The summed E-state index contributed by atoms with van der Waals surface area (Å²) in [5.41, 5.74) is 7.24. The molecule has 1 aliphatic carbocycles. The summed E-state index contributed by atoms with van der Waals surface area (Å²) in [5.74, 6) is 0.749. The van der Waals surface area contributed by atoms with Gasteiger partial charge in [0.05, 0.1) is 0 Å². The maximum Gasteiger partial charge on any atom is 0.0241 e. The largest absolute Gasteiger partial charge is 0.250 e. The maximum absolute atomic E-state index is 3.63. The number of nitrogens with zero attached hydrogens (tertiary/aromatic N) is 1. The molecule has 2 fully saturated rings. The summed E-state index contributed by atoms with van der Waals surface area (Å²) >= 11 is 0. The van der Waals surface area contributed by atoms with E-state index in [4.69, 9.17) is 0 Å². The van der Waals surface area contributed by atoms with Crippen LogP contribution >= 0.6 is 0 Å². The average Bonchev–Trinajstić information content (AvgIpc) is 1.94. The fourth-order valence-electron chi connectivity index (χ4n) is 2.91. The van der Waals surface area contributed by atoms with Crippen molar-refractivity contribution < 1.29 is 0 Å². The van der Waals surface area contributed by atoms with Crippen molar-refractivity contribution in [2.75, 3.05) is 13.1 Å². The number of hydrogen-bond donors (Lipinski definition) is 1. The van der Waals surface area contributed by atoms with E-state index in [0.29, 0.717) is 5.41 Å². The highest BCUT2D eigenvalue weighted by atomic mass is 15.6. The van der Waals surface area contributed by atoms with E-state index >= 15 is 0 Å². The van der Waals surface area contributed by atoms with Crippen LogP contribution < -0.4 is 5.43 Å². The molecule has 2 heteroatoms. The van der Waals surface area contributed by atoms with E-state index in [9.17, 15) is 0 Å². The number of rotatable bonds is 2. The van der Waals surface area contributed by atoms with Crippen LogP contribution in [0, 0.1) is 11.3 Å². The SMILES string of the molecule is C=C=CC1CC2(C1)CN(NC(C)(C)C)C2. The van der Waals surface area contributed by atoms with E-state index in [2.05, 4.69) is 49.6 Å². The molecule has 0 aromatic carbocycles. The van der Waals surface area contributed by atoms with Crippen LogP contribution in [-0.2, 0) is 0 Å². The van der Waals surface area contributed by atoms with Gasteiger partial charge in [-0.15, -0.1) is 5.73 Å². The molecule has 1 heterocycles. The number of hydrazine groups is 1. The predicted molar refractivity (Wildman–Crippen MR) is 63.3 cm³/mol. The van der Waals surface area contributed by atoms with E-state index in [0.717, 1.165) is 5.92 Å². The van der Waals surface area contributed by atoms with E-state index < -0.39 is 0 Å². The summed E-state index contributed by atoms with van der Waals surface area (Å²) in [6, 6.07) is 0. The Morgan fingerprint density at radius 1 is 1.40 bits per heavy atom. The Morgan fingerprint density at radius 3 is 2.47 bits per heavy atom. The molecule has 0 atom stereocenters. The summed E-state index contributed by atoms with van der Waals surface area (Å²) in [5, 5.41) is 2.36. The third kappa shape index (κ3) is 2.34. The second-order valence-electron chi connectivity index (χ2n) is 6.26. The highest BCUT2D eigenvalue weighted by molar-refractivity contribution is 5.08. The second-order valence-corrected chi connectivity index (χ2v) is 6.26. The third-order valence-electron chi connectivity index (χ3n) is 3.29. The lowest BCUT2D eigenvalue weighted by Crippen LogP contribution is -2.68. The summed E-state index contributed by atoms with van der Waals surface area (Å²) in [6.07, 6.45) is 4.79. The molecular weight excluding hydrogens is 184 g/mol. The summed E-state index contributed by atoms with van der Waals surface area (Å²) < 4.78 is 0. The van der Waals surface area contributed by atoms with Gasteiger partial charge in [0.2, 0.25) is 0 Å². The van der Waals surface area contributed by atoms with Crippen LogP contribution in [0.5, 0.6) is 0 Å². The summed E-state index contributed by atoms with van der Waals surface area (Å²) in [4.78, 5) is 0. The van der Waals surface area contributed by atoms with Gasteiger partial charge in [-0.2, -0.15) is 0 Å². The molecule has 2 nitrogen and oxygen atoms in total. The van der Waals surface area contributed by atoms with Crippen molar-refractivity contribution in [1.82, 2.24) is 10.4 Å². The van der Waals surface area contributed by atoms with Gasteiger partial charge in [-0.25, -0.2) is 10.4 Å². The van der Waals surface area contributed by atoms with Crippen LogP contribution in [0.3, 0.4) is 0 Å². The fraction of sp³-hybridized carbons (Fsp3) is 0.769. The quantitative estimate of drug-likeness (QED) is 0.698. The van der Waals surface area contributed by atoms with Gasteiger partial charge < -0.3 is 0 Å². The van der Waals surface area contributed by atoms with Crippen molar-refractivity contribution in [3.63, 3.8) is 0 Å². The second kappa shape index (κ2) is 3.48. The topological polar surface area (TPSA) is 15.3 Å². The van der Waals surface area contributed by atoms with Crippen LogP contribution in [0.15, 0.2) is 18.4 Å². The molecule has 0 radical (unpaired) electrons. The molecule has 1 spiro atoms. The van der Waals surface area contributed by atoms with Crippen LogP contribution in [0.2, 0.25) is 0 Å². The lowest BCUT2D eigenvalue weighted by atomic mass is 9.58. The summed E-state index contributed by atoms with van der Waals surface area (Å²) in [7, 11) is 0. The lowest BCUT2D eigenvalue weighted by molar-refractivity contribution is -0.120. The van der Waals surface area contributed by atoms with Gasteiger partial charge in [0.15, 0.2) is 0 Å². The molecule has 2 aliphatic rings. The molecule has 1 saturated heterocycles. The minimum absolute atomic E-state index is 0.200. The highest BCUT2D eigenvalue weighted by Crippen LogP contribution is 2.51. The molecule has 15 heavy (non-hydrogen) atoms. The van der Waals surface area contributed by atoms with E-state index in [1.54, 1.807) is 0 Å². The zero-order valence-corrected chi connectivity index (χ0v) is 10.1. The first-order chi connectivity index (χ1) is 6.92. The zero-order chi connectivity index (χ0) is 11.1. The molecule has 0 unspecified atom stereocenters. The van der Waals surface area contributed by atoms with Crippen LogP contribution in [-0.4, -0.2) is 23.6 Å². The molecule has 0 bridgehead atoms. The van der Waals surface area contributed by atoms with Gasteiger partial charge in [0, 0.05) is 18.6 Å². The van der Waals surface area contributed by atoms with Crippen molar-refractivity contribution in [3.8, 4) is 0 Å². The predicted octanol–water partition coefficient (Wildman–Crippen LogP) is 2.34. The average molecular weight is 206 g/mol. The van der Waals surface area contributed by atoms with Crippen molar-refractivity contribution >= 4 is 0 Å². The van der Waals surface area contributed by atoms with E-state index in [1.165, 1.54) is 25.9 Å². The first-order valence-corrected chi connectivity index (χ1v) is 5.81. The van der Waals surface area contributed by atoms with Gasteiger partial charge in [0.1, 0.15) is 0 Å². The number of nitrogens with one attached hydrogen (secondary N) is 1. The maximum atomic E-state index is 3.63. The molecule has 0 aromatic heterocycles. The molecule has 1 saturated carbocycles. The van der Waals surface area contributed by atoms with Crippen molar-refractivity contribution in [3.05, 3.63) is 18.4 Å². The monoisotopic (exact) mass is 206 g/mol. The fourth-order valence-corrected chi connectivity index (χ4v) is 2.91. The zero-order valence-electron chi connectivity index (χ0n) is 10.1. The Bertz CT molecular complexity index is 280. The lowest BCUT2D eigenvalue weighted by Gasteiger charge is -2.59. The van der Waals surface area contributed by atoms with Crippen LogP contribution in [0.4, 0.5) is 0 Å². The number of hydrogen-bond acceptors (Lipinski definition) is 2. The molecular formula is C13H22N2. The molecule has 0 aromatic rings. The molecule has 84 valence electrons. The standard InChI is InChI=1S/C13H22N2/c1-5-6-11-7-13(8-11)9-15(10-13)14-12(2,3)4/h6,11,14H,1,7-10H2,2-4H3. The van der Waals surface area contributed by atoms with Crippen molar-refractivity contribution in [2.24, 2.45) is 11.3 Å². The molecule has 0 amide bonds. The van der Waals surface area contributed by atoms with Gasteiger partial charge in [0.25, 0.3) is 0 Å².